The first-order valence-corrected chi connectivity index (χ1v) is 5.86. The van der Waals surface area contributed by atoms with Crippen LogP contribution in [0.4, 0.5) is 0 Å². The van der Waals surface area contributed by atoms with Gasteiger partial charge < -0.3 is 0 Å². The zero-order chi connectivity index (χ0) is 9.73. The van der Waals surface area contributed by atoms with Gasteiger partial charge in [0.1, 0.15) is 0 Å². The zero-order valence-corrected chi connectivity index (χ0v) is 8.13. The SMILES string of the molecule is [CH2]S(=O)(=O)CCCc1ccccn1. The summed E-state index contributed by atoms with van der Waals surface area (Å²) in [4.78, 5) is 4.08. The van der Waals surface area contributed by atoms with Crippen molar-refractivity contribution in [1.29, 1.82) is 0 Å². The van der Waals surface area contributed by atoms with Gasteiger partial charge in [0.05, 0.1) is 12.0 Å². The molecule has 3 nitrogen and oxygen atoms in total. The lowest BCUT2D eigenvalue weighted by molar-refractivity contribution is 0.601. The van der Waals surface area contributed by atoms with Crippen molar-refractivity contribution in [2.24, 2.45) is 0 Å². The number of hydrogen-bond donors (Lipinski definition) is 0. The van der Waals surface area contributed by atoms with E-state index in [4.69, 9.17) is 0 Å². The lowest BCUT2D eigenvalue weighted by atomic mass is 10.2. The summed E-state index contributed by atoms with van der Waals surface area (Å²) in [5.41, 5.74) is 0.922. The molecule has 0 unspecified atom stereocenters. The molecule has 1 rings (SSSR count). The number of rotatable bonds is 4. The average molecular weight is 198 g/mol. The number of nitrogens with zero attached hydrogens (tertiary/aromatic N) is 1. The Hall–Kier alpha value is -0.900. The van der Waals surface area contributed by atoms with E-state index >= 15 is 0 Å². The van der Waals surface area contributed by atoms with Gasteiger partial charge in [0.2, 0.25) is 0 Å². The van der Waals surface area contributed by atoms with Crippen LogP contribution in [-0.4, -0.2) is 19.2 Å². The molecule has 0 saturated heterocycles. The molecule has 0 saturated carbocycles. The monoisotopic (exact) mass is 198 g/mol. The van der Waals surface area contributed by atoms with Gasteiger partial charge in [-0.3, -0.25) is 4.98 Å². The Kier molecular flexibility index (Phi) is 3.42. The zero-order valence-electron chi connectivity index (χ0n) is 7.31. The van der Waals surface area contributed by atoms with Crippen molar-refractivity contribution in [2.75, 3.05) is 5.75 Å². The van der Waals surface area contributed by atoms with Crippen molar-refractivity contribution in [1.82, 2.24) is 4.98 Å². The smallest absolute Gasteiger partial charge is 0.151 e. The molecule has 0 bridgehead atoms. The molecule has 4 heteroatoms. The third kappa shape index (κ3) is 4.62. The van der Waals surface area contributed by atoms with Crippen molar-refractivity contribution in [3.8, 4) is 0 Å². The van der Waals surface area contributed by atoms with E-state index in [1.165, 1.54) is 0 Å². The predicted octanol–water partition coefficient (Wildman–Crippen LogP) is 1.22. The molecule has 0 N–H and O–H groups in total. The maximum absolute atomic E-state index is 10.7. The summed E-state index contributed by atoms with van der Waals surface area (Å²) in [5.74, 6) is 0.129. The first-order valence-electron chi connectivity index (χ1n) is 4.03. The van der Waals surface area contributed by atoms with Crippen LogP contribution in [0, 0.1) is 6.26 Å². The minimum atomic E-state index is -3.07. The summed E-state index contributed by atoms with van der Waals surface area (Å²) in [6, 6.07) is 5.61. The molecule has 1 aromatic rings. The largest absolute Gasteiger partial charge is 0.261 e. The van der Waals surface area contributed by atoms with Crippen molar-refractivity contribution < 1.29 is 8.42 Å². The van der Waals surface area contributed by atoms with Crippen LogP contribution >= 0.6 is 0 Å². The Labute approximate surface area is 78.7 Å². The van der Waals surface area contributed by atoms with Gasteiger partial charge >= 0.3 is 0 Å². The highest BCUT2D eigenvalue weighted by Crippen LogP contribution is 2.00. The molecule has 0 fully saturated rings. The molecule has 71 valence electrons. The molecular weight excluding hydrogens is 186 g/mol. The Morgan fingerprint density at radius 2 is 2.15 bits per heavy atom. The number of aryl methyl sites for hydroxylation is 1. The number of aromatic nitrogens is 1. The van der Waals surface area contributed by atoms with E-state index in [0.29, 0.717) is 12.8 Å². The molecule has 0 aliphatic carbocycles. The molecule has 1 aromatic heterocycles. The quantitative estimate of drug-likeness (QED) is 0.730. The van der Waals surface area contributed by atoms with E-state index in [9.17, 15) is 8.42 Å². The van der Waals surface area contributed by atoms with Crippen LogP contribution in [0.25, 0.3) is 0 Å². The third-order valence-corrected chi connectivity index (χ3v) is 2.53. The molecule has 0 spiro atoms. The highest BCUT2D eigenvalue weighted by molar-refractivity contribution is 7.92. The summed E-state index contributed by atoms with van der Waals surface area (Å²) in [7, 11) is -3.07. The molecule has 0 aliphatic heterocycles. The fourth-order valence-corrected chi connectivity index (χ4v) is 1.60. The Balaban J connectivity index is 2.37. The van der Waals surface area contributed by atoms with Gasteiger partial charge in [-0.15, -0.1) is 0 Å². The van der Waals surface area contributed by atoms with E-state index < -0.39 is 9.84 Å². The normalized spacial score (nSPS) is 11.5. The molecule has 1 heterocycles. The van der Waals surface area contributed by atoms with E-state index in [-0.39, 0.29) is 5.75 Å². The Morgan fingerprint density at radius 1 is 1.38 bits per heavy atom. The molecular formula is C9H12NO2S. The fourth-order valence-electron chi connectivity index (χ4n) is 1.02. The van der Waals surface area contributed by atoms with E-state index in [0.717, 1.165) is 5.69 Å². The minimum Gasteiger partial charge on any atom is -0.261 e. The van der Waals surface area contributed by atoms with Gasteiger partial charge in [0.25, 0.3) is 0 Å². The van der Waals surface area contributed by atoms with Crippen LogP contribution in [0.5, 0.6) is 0 Å². The van der Waals surface area contributed by atoms with Crippen molar-refractivity contribution >= 4 is 9.84 Å². The lowest BCUT2D eigenvalue weighted by Crippen LogP contribution is -2.02. The highest BCUT2D eigenvalue weighted by atomic mass is 32.2. The maximum Gasteiger partial charge on any atom is 0.151 e. The summed E-state index contributed by atoms with van der Waals surface area (Å²) in [6.07, 6.45) is 6.03. The topological polar surface area (TPSA) is 47.0 Å². The molecule has 13 heavy (non-hydrogen) atoms. The molecule has 0 atom stereocenters. The fraction of sp³-hybridized carbons (Fsp3) is 0.333. The van der Waals surface area contributed by atoms with Crippen molar-refractivity contribution in [3.63, 3.8) is 0 Å². The first kappa shape index (κ1) is 10.2. The second kappa shape index (κ2) is 4.37. The second-order valence-corrected chi connectivity index (χ2v) is 4.77. The van der Waals surface area contributed by atoms with Crippen LogP contribution in [0.2, 0.25) is 0 Å². The number of pyridine rings is 1. The van der Waals surface area contributed by atoms with E-state index in [1.54, 1.807) is 6.20 Å². The number of hydrogen-bond acceptors (Lipinski definition) is 3. The van der Waals surface area contributed by atoms with Crippen LogP contribution < -0.4 is 0 Å². The van der Waals surface area contributed by atoms with Gasteiger partial charge in [-0.2, -0.15) is 0 Å². The van der Waals surface area contributed by atoms with E-state index in [1.807, 2.05) is 18.2 Å². The van der Waals surface area contributed by atoms with Gasteiger partial charge in [0, 0.05) is 11.9 Å². The van der Waals surface area contributed by atoms with Gasteiger partial charge in [-0.25, -0.2) is 8.42 Å². The predicted molar refractivity (Wildman–Crippen MR) is 51.7 cm³/mol. The summed E-state index contributed by atoms with van der Waals surface area (Å²) < 4.78 is 21.4. The highest BCUT2D eigenvalue weighted by Gasteiger charge is 2.02. The first-order chi connectivity index (χ1) is 6.08. The van der Waals surface area contributed by atoms with Gasteiger partial charge in [0.15, 0.2) is 9.84 Å². The number of sulfone groups is 1. The summed E-state index contributed by atoms with van der Waals surface area (Å²) in [6.45, 7) is 0. The minimum absolute atomic E-state index is 0.129. The Bertz CT molecular complexity index is 345. The summed E-state index contributed by atoms with van der Waals surface area (Å²) in [5, 5.41) is 0. The standard InChI is InChI=1S/C9H12NO2S/c1-13(11,12)8-4-6-9-5-2-3-7-10-9/h2-3,5,7H,1,4,6,8H2. The molecule has 1 radical (unpaired) electrons. The molecule has 0 aliphatic rings. The lowest BCUT2D eigenvalue weighted by Gasteiger charge is -1.98. The molecule has 0 aromatic carbocycles. The van der Waals surface area contributed by atoms with Crippen LogP contribution in [0.1, 0.15) is 12.1 Å². The molecule has 0 amide bonds. The maximum atomic E-state index is 10.7. The average Bonchev–Trinajstić information content (AvgIpc) is 2.04. The second-order valence-electron chi connectivity index (χ2n) is 2.87. The van der Waals surface area contributed by atoms with Crippen LogP contribution in [0.15, 0.2) is 24.4 Å². The van der Waals surface area contributed by atoms with Gasteiger partial charge in [-0.05, 0) is 25.0 Å². The van der Waals surface area contributed by atoms with Gasteiger partial charge in [-0.1, -0.05) is 6.07 Å². The van der Waals surface area contributed by atoms with Crippen molar-refractivity contribution in [2.45, 2.75) is 12.8 Å². The van der Waals surface area contributed by atoms with Crippen molar-refractivity contribution in [3.05, 3.63) is 36.3 Å². The van der Waals surface area contributed by atoms with Crippen LogP contribution in [0.3, 0.4) is 0 Å². The van der Waals surface area contributed by atoms with E-state index in [2.05, 4.69) is 11.2 Å². The third-order valence-electron chi connectivity index (χ3n) is 1.61. The summed E-state index contributed by atoms with van der Waals surface area (Å²) >= 11 is 0. The van der Waals surface area contributed by atoms with Crippen LogP contribution in [-0.2, 0) is 16.3 Å². The Morgan fingerprint density at radius 3 is 2.69 bits per heavy atom.